The molecule has 2 heterocycles. The summed E-state index contributed by atoms with van der Waals surface area (Å²) < 4.78 is 5.38. The largest absolute Gasteiger partial charge is 0.380 e. The Labute approximate surface area is 105 Å². The number of hydrogen-bond acceptors (Lipinski definition) is 5. The number of rotatable bonds is 2. The first-order chi connectivity index (χ1) is 8.16. The lowest BCUT2D eigenvalue weighted by Gasteiger charge is -2.26. The number of amides is 1. The summed E-state index contributed by atoms with van der Waals surface area (Å²) in [7, 11) is 0. The maximum atomic E-state index is 12.1. The van der Waals surface area contributed by atoms with E-state index in [1.807, 2.05) is 11.8 Å². The molecule has 17 heavy (non-hydrogen) atoms. The first kappa shape index (κ1) is 12.4. The first-order valence-electron chi connectivity index (χ1n) is 5.83. The maximum Gasteiger partial charge on any atom is 0.229 e. The van der Waals surface area contributed by atoms with Gasteiger partial charge in [0.15, 0.2) is 0 Å². The van der Waals surface area contributed by atoms with Gasteiger partial charge in [0.2, 0.25) is 5.91 Å². The quantitative estimate of drug-likeness (QED) is 0.792. The molecular formula is C11H17N3O2S. The molecule has 2 rings (SSSR count). The summed E-state index contributed by atoms with van der Waals surface area (Å²) in [6.07, 6.45) is 1.26. The van der Waals surface area contributed by atoms with Crippen molar-refractivity contribution in [1.82, 2.24) is 15.1 Å². The van der Waals surface area contributed by atoms with Gasteiger partial charge in [-0.05, 0) is 20.3 Å². The average Bonchev–Trinajstić information content (AvgIpc) is 2.57. The Kier molecular flexibility index (Phi) is 4.06. The van der Waals surface area contributed by atoms with Crippen molar-refractivity contribution >= 4 is 17.2 Å². The van der Waals surface area contributed by atoms with Gasteiger partial charge in [0.1, 0.15) is 10.0 Å². The molecule has 5 nitrogen and oxygen atoms in total. The fourth-order valence-corrected chi connectivity index (χ4v) is 2.61. The summed E-state index contributed by atoms with van der Waals surface area (Å²) in [6, 6.07) is 0.249. The van der Waals surface area contributed by atoms with Crippen LogP contribution in [0.25, 0.3) is 0 Å². The molecule has 1 aliphatic heterocycles. The summed E-state index contributed by atoms with van der Waals surface area (Å²) >= 11 is 1.49. The summed E-state index contributed by atoms with van der Waals surface area (Å²) in [4.78, 5) is 14.0. The minimum Gasteiger partial charge on any atom is -0.380 e. The van der Waals surface area contributed by atoms with Crippen molar-refractivity contribution in [2.75, 3.05) is 19.8 Å². The molecule has 1 saturated heterocycles. The van der Waals surface area contributed by atoms with Crippen molar-refractivity contribution in [2.24, 2.45) is 0 Å². The molecule has 0 N–H and O–H groups in total. The van der Waals surface area contributed by atoms with Crippen LogP contribution in [0.15, 0.2) is 0 Å². The predicted molar refractivity (Wildman–Crippen MR) is 65.0 cm³/mol. The molecule has 0 spiro atoms. The zero-order valence-electron chi connectivity index (χ0n) is 10.2. The van der Waals surface area contributed by atoms with E-state index in [9.17, 15) is 4.79 Å². The lowest BCUT2D eigenvalue weighted by atomic mass is 10.2. The van der Waals surface area contributed by atoms with Crippen LogP contribution in [0.2, 0.25) is 0 Å². The Balaban J connectivity index is 1.98. The minimum absolute atomic E-state index is 0.124. The van der Waals surface area contributed by atoms with E-state index < -0.39 is 0 Å². The number of nitrogens with zero attached hydrogens (tertiary/aromatic N) is 3. The third-order valence-electron chi connectivity index (χ3n) is 2.88. The number of aromatic nitrogens is 2. The molecule has 0 aromatic carbocycles. The van der Waals surface area contributed by atoms with Gasteiger partial charge in [0, 0.05) is 19.2 Å². The number of carbonyl (C=O) groups is 1. The van der Waals surface area contributed by atoms with Crippen LogP contribution in [0.5, 0.6) is 0 Å². The van der Waals surface area contributed by atoms with Crippen LogP contribution in [0, 0.1) is 6.92 Å². The van der Waals surface area contributed by atoms with Crippen molar-refractivity contribution in [1.29, 1.82) is 0 Å². The van der Waals surface area contributed by atoms with Gasteiger partial charge in [0.25, 0.3) is 0 Å². The second-order valence-electron chi connectivity index (χ2n) is 4.23. The van der Waals surface area contributed by atoms with E-state index in [0.717, 1.165) is 23.0 Å². The van der Waals surface area contributed by atoms with Gasteiger partial charge in [-0.15, -0.1) is 21.5 Å². The molecule has 1 fully saturated rings. The highest BCUT2D eigenvalue weighted by Crippen LogP contribution is 2.14. The van der Waals surface area contributed by atoms with Crippen LogP contribution in [-0.4, -0.2) is 46.8 Å². The monoisotopic (exact) mass is 255 g/mol. The minimum atomic E-state index is 0.124. The van der Waals surface area contributed by atoms with Gasteiger partial charge in [-0.3, -0.25) is 4.79 Å². The van der Waals surface area contributed by atoms with E-state index in [4.69, 9.17) is 4.74 Å². The molecule has 0 radical (unpaired) electrons. The van der Waals surface area contributed by atoms with Crippen LogP contribution in [-0.2, 0) is 16.0 Å². The third-order valence-corrected chi connectivity index (χ3v) is 3.72. The smallest absolute Gasteiger partial charge is 0.229 e. The van der Waals surface area contributed by atoms with Gasteiger partial charge in [-0.1, -0.05) is 0 Å². The molecule has 0 aliphatic carbocycles. The van der Waals surface area contributed by atoms with Crippen molar-refractivity contribution in [3.8, 4) is 0 Å². The van der Waals surface area contributed by atoms with Crippen LogP contribution in [0.1, 0.15) is 23.4 Å². The zero-order chi connectivity index (χ0) is 12.3. The molecule has 1 unspecified atom stereocenters. The van der Waals surface area contributed by atoms with E-state index >= 15 is 0 Å². The van der Waals surface area contributed by atoms with Crippen LogP contribution in [0.4, 0.5) is 0 Å². The summed E-state index contributed by atoms with van der Waals surface area (Å²) in [5, 5.41) is 9.61. The van der Waals surface area contributed by atoms with E-state index in [1.54, 1.807) is 0 Å². The predicted octanol–water partition coefficient (Wildman–Crippen LogP) is 1.03. The van der Waals surface area contributed by atoms with Crippen LogP contribution >= 0.6 is 11.3 Å². The Morgan fingerprint density at radius 3 is 3.06 bits per heavy atom. The number of hydrogen-bond donors (Lipinski definition) is 0. The fraction of sp³-hybridized carbons (Fsp3) is 0.727. The van der Waals surface area contributed by atoms with Gasteiger partial charge < -0.3 is 9.64 Å². The number of carbonyl (C=O) groups excluding carboxylic acids is 1. The normalized spacial score (nSPS) is 21.3. The maximum absolute atomic E-state index is 12.1. The Morgan fingerprint density at radius 1 is 1.53 bits per heavy atom. The van der Waals surface area contributed by atoms with E-state index in [0.29, 0.717) is 19.6 Å². The Hall–Kier alpha value is -1.01. The molecule has 1 amide bonds. The highest BCUT2D eigenvalue weighted by molar-refractivity contribution is 7.11. The number of ether oxygens (including phenoxy) is 1. The van der Waals surface area contributed by atoms with Crippen molar-refractivity contribution < 1.29 is 9.53 Å². The van der Waals surface area contributed by atoms with Crippen LogP contribution < -0.4 is 0 Å². The van der Waals surface area contributed by atoms with Crippen molar-refractivity contribution in [3.05, 3.63) is 10.0 Å². The zero-order valence-corrected chi connectivity index (χ0v) is 11.0. The molecule has 0 saturated carbocycles. The Morgan fingerprint density at radius 2 is 2.35 bits per heavy atom. The molecule has 1 aromatic rings. The molecule has 1 atom stereocenters. The van der Waals surface area contributed by atoms with Gasteiger partial charge >= 0.3 is 0 Å². The van der Waals surface area contributed by atoms with Gasteiger partial charge in [-0.25, -0.2) is 0 Å². The lowest BCUT2D eigenvalue weighted by molar-refractivity contribution is -0.132. The standard InChI is InChI=1S/C11H17N3O2S/c1-8-3-5-16-6-4-14(8)11(15)7-10-13-12-9(2)17-10/h8H,3-7H2,1-2H3. The van der Waals surface area contributed by atoms with E-state index in [2.05, 4.69) is 17.1 Å². The average molecular weight is 255 g/mol. The molecule has 1 aliphatic rings. The summed E-state index contributed by atoms with van der Waals surface area (Å²) in [6.45, 7) is 6.01. The number of aryl methyl sites for hydroxylation is 1. The summed E-state index contributed by atoms with van der Waals surface area (Å²) in [5.74, 6) is 0.124. The SMILES string of the molecule is Cc1nnc(CC(=O)N2CCOCCC2C)s1. The van der Waals surface area contributed by atoms with Crippen molar-refractivity contribution in [3.63, 3.8) is 0 Å². The van der Waals surface area contributed by atoms with Gasteiger partial charge in [-0.2, -0.15) is 0 Å². The molecular weight excluding hydrogens is 238 g/mol. The highest BCUT2D eigenvalue weighted by Gasteiger charge is 2.23. The molecule has 0 bridgehead atoms. The van der Waals surface area contributed by atoms with Crippen molar-refractivity contribution in [2.45, 2.75) is 32.7 Å². The van der Waals surface area contributed by atoms with E-state index in [-0.39, 0.29) is 11.9 Å². The van der Waals surface area contributed by atoms with E-state index in [1.165, 1.54) is 11.3 Å². The first-order valence-corrected chi connectivity index (χ1v) is 6.64. The fourth-order valence-electron chi connectivity index (χ4n) is 1.91. The highest BCUT2D eigenvalue weighted by atomic mass is 32.1. The topological polar surface area (TPSA) is 55.3 Å². The molecule has 1 aromatic heterocycles. The Bertz CT molecular complexity index is 394. The summed E-state index contributed by atoms with van der Waals surface area (Å²) in [5.41, 5.74) is 0. The van der Waals surface area contributed by atoms with Gasteiger partial charge in [0.05, 0.1) is 13.0 Å². The molecule has 94 valence electrons. The van der Waals surface area contributed by atoms with Crippen LogP contribution in [0.3, 0.4) is 0 Å². The second-order valence-corrected chi connectivity index (χ2v) is 5.49. The lowest BCUT2D eigenvalue weighted by Crippen LogP contribution is -2.40. The molecule has 6 heteroatoms. The third kappa shape index (κ3) is 3.23. The second kappa shape index (κ2) is 5.55.